The molecule has 5 heteroatoms. The van der Waals surface area contributed by atoms with E-state index in [9.17, 15) is 0 Å². The Bertz CT molecular complexity index is 2360. The molecular weight excluding hydrogens is 810 g/mol. The zero-order valence-corrected chi connectivity index (χ0v) is 38.3. The van der Waals surface area contributed by atoms with Crippen LogP contribution in [0.25, 0.3) is 22.3 Å². The van der Waals surface area contributed by atoms with Crippen molar-refractivity contribution >= 4 is 69.9 Å². The molecule has 53 heavy (non-hydrogen) atoms. The standard InChI is InChI=1S/C25H25.C10H15.2C6H4Cl.CH2.2ClH.Zr/c1-14-12-24(3,4)22-8-16-7-17-9-23-19(15(2)13-25(23,5)6)11-21(17)20(16)10-18(14)22;1-8-5-6-9(7-8)10(2,3)4;2*7-6-4-2-1-3-5-6;;;;/h8-12H,7H2,1-6H3;6-8H,1-4H3;2*2-5H;1H2;2*1H;. The molecule has 0 aromatic heterocycles. The molecule has 276 valence electrons. The predicted molar refractivity (Wildman–Crippen MR) is 236 cm³/mol. The summed E-state index contributed by atoms with van der Waals surface area (Å²) in [6.07, 6.45) is 8.47. The third-order valence-corrected chi connectivity index (χ3v) is 31.4. The number of halogens is 4. The summed E-state index contributed by atoms with van der Waals surface area (Å²) < 4.78 is 11.4. The van der Waals surface area contributed by atoms with Crippen molar-refractivity contribution in [1.82, 2.24) is 0 Å². The van der Waals surface area contributed by atoms with E-state index in [2.05, 4.69) is 160 Å². The number of hydrogen-bond acceptors (Lipinski definition) is 0. The molecule has 0 fully saturated rings. The van der Waals surface area contributed by atoms with Crippen LogP contribution in [0.3, 0.4) is 0 Å². The molecule has 1 unspecified atom stereocenters. The summed E-state index contributed by atoms with van der Waals surface area (Å²) in [7, 11) is 0. The molecule has 4 aromatic carbocycles. The van der Waals surface area contributed by atoms with Crippen molar-refractivity contribution in [2.45, 2.75) is 86.5 Å². The fourth-order valence-corrected chi connectivity index (χ4v) is 30.1. The van der Waals surface area contributed by atoms with E-state index < -0.39 is 18.3 Å². The van der Waals surface area contributed by atoms with E-state index in [0.717, 1.165) is 16.5 Å². The molecule has 0 bridgehead atoms. The van der Waals surface area contributed by atoms with Gasteiger partial charge < -0.3 is 0 Å². The maximum atomic E-state index is 6.67. The Morgan fingerprint density at radius 2 is 1.21 bits per heavy atom. The Balaban J connectivity index is 0.00000240. The first-order valence-electron chi connectivity index (χ1n) is 18.5. The van der Waals surface area contributed by atoms with Gasteiger partial charge in [0.05, 0.1) is 0 Å². The molecule has 0 amide bonds. The van der Waals surface area contributed by atoms with Crippen molar-refractivity contribution in [2.24, 2.45) is 11.3 Å². The molecule has 8 rings (SSSR count). The van der Waals surface area contributed by atoms with Crippen LogP contribution in [-0.2, 0) is 35.5 Å². The Morgan fingerprint density at radius 1 is 0.717 bits per heavy atom. The van der Waals surface area contributed by atoms with E-state index in [-0.39, 0.29) is 47.0 Å². The summed E-state index contributed by atoms with van der Waals surface area (Å²) in [6, 6.07) is 27.6. The van der Waals surface area contributed by atoms with Crippen molar-refractivity contribution in [1.29, 1.82) is 0 Å². The number of rotatable bonds is 4. The van der Waals surface area contributed by atoms with Gasteiger partial charge in [-0.25, -0.2) is 0 Å². The zero-order chi connectivity index (χ0) is 36.7. The quantitative estimate of drug-likeness (QED) is 0.169. The van der Waals surface area contributed by atoms with Crippen molar-refractivity contribution in [3.8, 4) is 11.1 Å². The normalized spacial score (nSPS) is 19.3. The minimum atomic E-state index is -5.08. The van der Waals surface area contributed by atoms with E-state index >= 15 is 0 Å². The first kappa shape index (κ1) is 40.4. The van der Waals surface area contributed by atoms with Crippen molar-refractivity contribution in [2.75, 3.05) is 0 Å². The summed E-state index contributed by atoms with van der Waals surface area (Å²) in [5, 5.41) is 1.49. The second-order valence-electron chi connectivity index (χ2n) is 18.2. The van der Waals surface area contributed by atoms with Gasteiger partial charge in [0.2, 0.25) is 0 Å². The van der Waals surface area contributed by atoms with Crippen LogP contribution in [0.4, 0.5) is 0 Å². The van der Waals surface area contributed by atoms with Gasteiger partial charge in [-0.3, -0.25) is 0 Å². The van der Waals surface area contributed by atoms with Crippen molar-refractivity contribution in [3.63, 3.8) is 0 Å². The molecule has 0 N–H and O–H groups in total. The van der Waals surface area contributed by atoms with Gasteiger partial charge in [0.1, 0.15) is 0 Å². The molecule has 1 atom stereocenters. The average Bonchev–Trinajstić information content (AvgIpc) is 3.74. The average molecular weight is 862 g/mol. The van der Waals surface area contributed by atoms with Gasteiger partial charge in [-0.1, -0.05) is 0 Å². The van der Waals surface area contributed by atoms with E-state index in [0.29, 0.717) is 0 Å². The molecule has 4 aliphatic rings. The van der Waals surface area contributed by atoms with Crippen LogP contribution in [0.2, 0.25) is 10.0 Å². The molecular formula is C48H52Cl4Zr. The fourth-order valence-electron chi connectivity index (χ4n) is 10.9. The molecule has 0 saturated carbocycles. The summed E-state index contributed by atoms with van der Waals surface area (Å²) in [6.45, 7) is 23.7. The third-order valence-electron chi connectivity index (χ3n) is 13.2. The van der Waals surface area contributed by atoms with Crippen LogP contribution in [0.15, 0.2) is 103 Å². The molecule has 0 saturated heterocycles. The van der Waals surface area contributed by atoms with Gasteiger partial charge in [-0.15, -0.1) is 24.8 Å². The Labute approximate surface area is 340 Å². The Morgan fingerprint density at radius 3 is 1.70 bits per heavy atom. The van der Waals surface area contributed by atoms with Gasteiger partial charge in [-0.2, -0.15) is 0 Å². The third kappa shape index (κ3) is 5.57. The maximum absolute atomic E-state index is 6.67. The number of allylic oxidation sites excluding steroid dienone is 8. The van der Waals surface area contributed by atoms with E-state index in [1.165, 1.54) is 74.3 Å². The first-order chi connectivity index (χ1) is 23.8. The van der Waals surface area contributed by atoms with Crippen LogP contribution < -0.4 is 6.54 Å². The van der Waals surface area contributed by atoms with Gasteiger partial charge in [0, 0.05) is 0 Å². The summed E-state index contributed by atoms with van der Waals surface area (Å²) in [5.41, 5.74) is 15.3. The molecule has 4 aliphatic carbocycles. The van der Waals surface area contributed by atoms with E-state index in [1.807, 2.05) is 0 Å². The van der Waals surface area contributed by atoms with E-state index in [4.69, 9.17) is 27.4 Å². The summed E-state index contributed by atoms with van der Waals surface area (Å²) in [4.78, 5) is 0. The predicted octanol–water partition coefficient (Wildman–Crippen LogP) is 13.4. The second-order valence-corrected chi connectivity index (χ2v) is 31.7. The monoisotopic (exact) mass is 858 g/mol. The second kappa shape index (κ2) is 12.9. The van der Waals surface area contributed by atoms with Gasteiger partial charge in [-0.05, 0) is 0 Å². The molecule has 0 radical (unpaired) electrons. The Kier molecular flexibility index (Phi) is 9.84. The van der Waals surface area contributed by atoms with Crippen LogP contribution in [0, 0.1) is 11.3 Å². The molecule has 0 spiro atoms. The van der Waals surface area contributed by atoms with Gasteiger partial charge >= 0.3 is 319 Å². The van der Waals surface area contributed by atoms with Crippen molar-refractivity contribution in [3.05, 3.63) is 147 Å². The Hall–Kier alpha value is -2.25. The SMILES string of the molecule is Cl.Cl.[CH2]=[Zr]([C]1=CC(C(C)(C)C)=CC1C)([C]1=C(C)c2cc3c(cc2C1(C)C)Cc1cc2c(cc1-3)C(C)=CC2(C)C)([c]1ccc(Cl)cc1)[c]1ccc(Cl)cc1. The van der Waals surface area contributed by atoms with Crippen LogP contribution in [0.5, 0.6) is 0 Å². The first-order valence-corrected chi connectivity index (χ1v) is 25.9. The van der Waals surface area contributed by atoms with Crippen molar-refractivity contribution < 1.29 is 18.3 Å². The molecule has 0 aliphatic heterocycles. The molecule has 0 heterocycles. The van der Waals surface area contributed by atoms with E-state index in [1.54, 1.807) is 0 Å². The molecule has 4 aromatic rings. The van der Waals surface area contributed by atoms with Crippen LogP contribution in [-0.4, -0.2) is 4.21 Å². The van der Waals surface area contributed by atoms with Crippen LogP contribution in [0.1, 0.15) is 103 Å². The van der Waals surface area contributed by atoms with Gasteiger partial charge in [0.25, 0.3) is 0 Å². The number of benzene rings is 4. The number of fused-ring (bicyclic) bond motifs is 5. The molecule has 0 nitrogen and oxygen atoms in total. The van der Waals surface area contributed by atoms with Crippen LogP contribution >= 0.6 is 48.0 Å². The fraction of sp³-hybridized carbons (Fsp3) is 0.312. The summed E-state index contributed by atoms with van der Waals surface area (Å²) >= 11 is 8.25. The topological polar surface area (TPSA) is 0 Å². The summed E-state index contributed by atoms with van der Waals surface area (Å²) in [5.74, 6) is 0.230. The zero-order valence-electron chi connectivity index (χ0n) is 32.7. The minimum absolute atomic E-state index is 0. The van der Waals surface area contributed by atoms with Gasteiger partial charge in [0.15, 0.2) is 0 Å². The number of hydrogen-bond donors (Lipinski definition) is 0.